The van der Waals surface area contributed by atoms with Gasteiger partial charge in [0.15, 0.2) is 0 Å². The molecule has 1 atom stereocenters. The van der Waals surface area contributed by atoms with Crippen molar-refractivity contribution in [2.45, 2.75) is 31.3 Å². The Morgan fingerprint density at radius 2 is 1.84 bits per heavy atom. The number of carbonyl (C=O) groups is 1. The average Bonchev–Trinajstić information content (AvgIpc) is 2.39. The molecule has 0 aromatic heterocycles. The summed E-state index contributed by atoms with van der Waals surface area (Å²) in [6.45, 7) is 3.17. The molecule has 0 bridgehead atoms. The molecule has 1 heterocycles. The van der Waals surface area contributed by atoms with Gasteiger partial charge in [0.2, 0.25) is 5.91 Å². The van der Waals surface area contributed by atoms with Gasteiger partial charge < -0.3 is 16.4 Å². The van der Waals surface area contributed by atoms with Crippen molar-refractivity contribution in [2.24, 2.45) is 11.5 Å². The first-order valence-corrected chi connectivity index (χ1v) is 7.30. The summed E-state index contributed by atoms with van der Waals surface area (Å²) in [6, 6.07) is 7.79. The van der Waals surface area contributed by atoms with Crippen LogP contribution in [-0.2, 0) is 10.3 Å². The minimum atomic E-state index is -0.984. The molecule has 1 aromatic rings. The summed E-state index contributed by atoms with van der Waals surface area (Å²) >= 11 is 3.38. The molecular formula is C14H20BrN3O. The zero-order chi connectivity index (χ0) is 14.0. The number of carbonyl (C=O) groups excluding carboxylic acids is 1. The minimum Gasteiger partial charge on any atom is -0.341 e. The van der Waals surface area contributed by atoms with Crippen LogP contribution in [0.1, 0.15) is 25.3 Å². The van der Waals surface area contributed by atoms with Crippen molar-refractivity contribution in [2.75, 3.05) is 13.1 Å². The molecule has 104 valence electrons. The van der Waals surface area contributed by atoms with E-state index in [0.29, 0.717) is 13.1 Å². The normalized spacial score (nSPS) is 20.1. The highest BCUT2D eigenvalue weighted by molar-refractivity contribution is 9.10. The summed E-state index contributed by atoms with van der Waals surface area (Å²) in [5, 5.41) is 0. The van der Waals surface area contributed by atoms with Gasteiger partial charge in [-0.15, -0.1) is 0 Å². The molecule has 0 aliphatic carbocycles. The molecule has 1 aliphatic heterocycles. The number of nitrogens with two attached hydrogens (primary N) is 2. The van der Waals surface area contributed by atoms with Crippen molar-refractivity contribution in [3.8, 4) is 0 Å². The molecule has 1 saturated heterocycles. The van der Waals surface area contributed by atoms with Gasteiger partial charge in [0.1, 0.15) is 5.54 Å². The first-order chi connectivity index (χ1) is 8.91. The highest BCUT2D eigenvalue weighted by Crippen LogP contribution is 2.24. The van der Waals surface area contributed by atoms with E-state index in [-0.39, 0.29) is 11.9 Å². The van der Waals surface area contributed by atoms with Gasteiger partial charge in [0.05, 0.1) is 0 Å². The third-order valence-electron chi connectivity index (χ3n) is 3.72. The molecule has 4 N–H and O–H groups in total. The first kappa shape index (κ1) is 14.5. The number of benzene rings is 1. The van der Waals surface area contributed by atoms with Gasteiger partial charge in [-0.3, -0.25) is 4.79 Å². The van der Waals surface area contributed by atoms with E-state index in [1.807, 2.05) is 29.2 Å². The lowest BCUT2D eigenvalue weighted by Crippen LogP contribution is -2.54. The number of piperidine rings is 1. The van der Waals surface area contributed by atoms with Crippen LogP contribution in [0.15, 0.2) is 28.7 Å². The lowest BCUT2D eigenvalue weighted by Gasteiger charge is -2.36. The summed E-state index contributed by atoms with van der Waals surface area (Å²) in [6.07, 6.45) is 1.70. The summed E-state index contributed by atoms with van der Waals surface area (Å²) in [5.41, 5.74) is 12.0. The fourth-order valence-electron chi connectivity index (χ4n) is 2.35. The Morgan fingerprint density at radius 1 is 1.32 bits per heavy atom. The van der Waals surface area contributed by atoms with E-state index in [1.54, 1.807) is 6.92 Å². The fraction of sp³-hybridized carbons (Fsp3) is 0.500. The predicted octanol–water partition coefficient (Wildman–Crippen LogP) is 1.57. The Balaban J connectivity index is 2.14. The van der Waals surface area contributed by atoms with Crippen LogP contribution >= 0.6 is 15.9 Å². The molecule has 1 fully saturated rings. The van der Waals surface area contributed by atoms with E-state index in [4.69, 9.17) is 11.5 Å². The molecular weight excluding hydrogens is 306 g/mol. The van der Waals surface area contributed by atoms with Gasteiger partial charge in [0, 0.05) is 23.6 Å². The topological polar surface area (TPSA) is 72.4 Å². The minimum absolute atomic E-state index is 0.0262. The van der Waals surface area contributed by atoms with Crippen molar-refractivity contribution in [3.63, 3.8) is 0 Å². The highest BCUT2D eigenvalue weighted by atomic mass is 79.9. The van der Waals surface area contributed by atoms with Crippen LogP contribution in [0.3, 0.4) is 0 Å². The molecule has 0 radical (unpaired) electrons. The Morgan fingerprint density at radius 3 is 2.37 bits per heavy atom. The molecule has 1 amide bonds. The molecule has 5 heteroatoms. The zero-order valence-electron chi connectivity index (χ0n) is 11.1. The van der Waals surface area contributed by atoms with Gasteiger partial charge in [-0.25, -0.2) is 0 Å². The molecule has 4 nitrogen and oxygen atoms in total. The molecule has 19 heavy (non-hydrogen) atoms. The number of rotatable bonds is 2. The van der Waals surface area contributed by atoms with Gasteiger partial charge in [-0.1, -0.05) is 28.1 Å². The van der Waals surface area contributed by atoms with E-state index < -0.39 is 5.54 Å². The second-order valence-corrected chi connectivity index (χ2v) is 6.25. The first-order valence-electron chi connectivity index (χ1n) is 6.51. The maximum absolute atomic E-state index is 12.6. The third kappa shape index (κ3) is 3.16. The SMILES string of the molecule is CC(N)(C(=O)N1CCC(N)CC1)c1ccc(Br)cc1. The van der Waals surface area contributed by atoms with Crippen LogP contribution in [0.2, 0.25) is 0 Å². The van der Waals surface area contributed by atoms with Crippen LogP contribution in [0.4, 0.5) is 0 Å². The maximum atomic E-state index is 12.6. The summed E-state index contributed by atoms with van der Waals surface area (Å²) in [4.78, 5) is 14.4. The number of amides is 1. The smallest absolute Gasteiger partial charge is 0.246 e. The van der Waals surface area contributed by atoms with Gasteiger partial charge in [-0.05, 0) is 37.5 Å². The van der Waals surface area contributed by atoms with E-state index >= 15 is 0 Å². The van der Waals surface area contributed by atoms with E-state index in [2.05, 4.69) is 15.9 Å². The van der Waals surface area contributed by atoms with Crippen LogP contribution in [0.5, 0.6) is 0 Å². The third-order valence-corrected chi connectivity index (χ3v) is 4.24. The molecule has 0 spiro atoms. The monoisotopic (exact) mass is 325 g/mol. The Labute approximate surface area is 122 Å². The van der Waals surface area contributed by atoms with Crippen molar-refractivity contribution in [3.05, 3.63) is 34.3 Å². The fourth-order valence-corrected chi connectivity index (χ4v) is 2.61. The van der Waals surface area contributed by atoms with Gasteiger partial charge in [0.25, 0.3) is 0 Å². The van der Waals surface area contributed by atoms with Crippen molar-refractivity contribution in [1.29, 1.82) is 0 Å². The highest BCUT2D eigenvalue weighted by Gasteiger charge is 2.35. The number of hydrogen-bond donors (Lipinski definition) is 2. The van der Waals surface area contributed by atoms with Crippen LogP contribution in [0.25, 0.3) is 0 Å². The standard InChI is InChI=1S/C14H20BrN3O/c1-14(17,10-2-4-11(15)5-3-10)13(19)18-8-6-12(16)7-9-18/h2-5,12H,6-9,16-17H2,1H3. The second-order valence-electron chi connectivity index (χ2n) is 5.34. The summed E-state index contributed by atoms with van der Waals surface area (Å²) in [5.74, 6) is -0.0262. The van der Waals surface area contributed by atoms with E-state index in [1.165, 1.54) is 0 Å². The number of likely N-dealkylation sites (tertiary alicyclic amines) is 1. The van der Waals surface area contributed by atoms with Crippen molar-refractivity contribution < 1.29 is 4.79 Å². The van der Waals surface area contributed by atoms with E-state index in [9.17, 15) is 4.79 Å². The van der Waals surface area contributed by atoms with Crippen molar-refractivity contribution in [1.82, 2.24) is 4.90 Å². The molecule has 2 rings (SSSR count). The lowest BCUT2D eigenvalue weighted by atomic mass is 9.90. The van der Waals surface area contributed by atoms with Gasteiger partial charge in [-0.2, -0.15) is 0 Å². The summed E-state index contributed by atoms with van der Waals surface area (Å²) in [7, 11) is 0. The van der Waals surface area contributed by atoms with Crippen LogP contribution in [-0.4, -0.2) is 29.9 Å². The number of hydrogen-bond acceptors (Lipinski definition) is 3. The van der Waals surface area contributed by atoms with E-state index in [0.717, 1.165) is 22.9 Å². The van der Waals surface area contributed by atoms with Crippen LogP contribution in [0, 0.1) is 0 Å². The predicted molar refractivity (Wildman–Crippen MR) is 79.5 cm³/mol. The molecule has 1 aliphatic rings. The summed E-state index contributed by atoms with van der Waals surface area (Å²) < 4.78 is 0.975. The molecule has 1 aromatic carbocycles. The second kappa shape index (κ2) is 5.61. The zero-order valence-corrected chi connectivity index (χ0v) is 12.7. The maximum Gasteiger partial charge on any atom is 0.246 e. The van der Waals surface area contributed by atoms with Crippen LogP contribution < -0.4 is 11.5 Å². The number of nitrogens with zero attached hydrogens (tertiary/aromatic N) is 1. The number of halogens is 1. The Bertz CT molecular complexity index is 450. The van der Waals surface area contributed by atoms with Crippen molar-refractivity contribution >= 4 is 21.8 Å². The largest absolute Gasteiger partial charge is 0.341 e. The molecule has 1 unspecified atom stereocenters. The molecule has 0 saturated carbocycles. The van der Waals surface area contributed by atoms with Gasteiger partial charge >= 0.3 is 0 Å². The Kier molecular flexibility index (Phi) is 4.28. The quantitative estimate of drug-likeness (QED) is 0.867. The Hall–Kier alpha value is -0.910. The average molecular weight is 326 g/mol. The lowest BCUT2D eigenvalue weighted by molar-refractivity contribution is -0.137.